The molecule has 5 heterocycles. The first-order chi connectivity index (χ1) is 28.4. The lowest BCUT2D eigenvalue weighted by molar-refractivity contribution is 0.483. The quantitative estimate of drug-likeness (QED) is 0.132. The number of hydrogen-bond donors (Lipinski definition) is 2. The summed E-state index contributed by atoms with van der Waals surface area (Å²) in [5, 5.41) is 15.6. The molecule has 12 nitrogen and oxygen atoms in total. The Hall–Kier alpha value is -7.73. The highest BCUT2D eigenvalue weighted by Crippen LogP contribution is 2.30. The minimum Gasteiger partial charge on any atom is -0.457 e. The highest BCUT2D eigenvalue weighted by Gasteiger charge is 2.12. The predicted octanol–water partition coefficient (Wildman–Crippen LogP) is 9.47. The van der Waals surface area contributed by atoms with E-state index in [4.69, 9.17) is 14.7 Å². The summed E-state index contributed by atoms with van der Waals surface area (Å²) < 4.78 is 9.45. The predicted molar refractivity (Wildman–Crippen MR) is 233 cm³/mol. The lowest BCUT2D eigenvalue weighted by Crippen LogP contribution is -2.08. The number of aromatic nitrogens is 7. The molecule has 0 unspecified atom stereocenters. The average molecular weight is 766 g/mol. The molecule has 12 heteroatoms. The molecule has 0 amide bonds. The van der Waals surface area contributed by atoms with Crippen LogP contribution < -0.4 is 25.2 Å². The molecule has 0 aliphatic carbocycles. The van der Waals surface area contributed by atoms with E-state index in [-0.39, 0.29) is 0 Å². The van der Waals surface area contributed by atoms with Crippen molar-refractivity contribution in [2.75, 3.05) is 48.6 Å². The molecular weight excluding hydrogens is 723 g/mol. The Bertz CT molecular complexity index is 2750. The van der Waals surface area contributed by atoms with Crippen LogP contribution in [0.15, 0.2) is 165 Å². The fraction of sp³-hybridized carbons (Fsp3) is 0.109. The third-order valence-corrected chi connectivity index (χ3v) is 9.39. The standard InChI is InChI=1S/C26H23N5O.C20H20N6/c1-30(2)21-8-6-7-19(17-21)24-18-27-31-16-15-25(29-26(24)31)28-20-11-13-23(14-12-20)32-22-9-4-3-5-10-22;1-25(2)17-7-3-6-16(11-17)18-14-23-26-10-8-19(24-20(18)26)22-13-15-5-4-9-21-12-15/h3-18H,1-2H3,(H,28,29);3-12,14H,13H2,1-2H3,(H,22,24). The van der Waals surface area contributed by atoms with Gasteiger partial charge in [-0.25, -0.2) is 19.0 Å². The molecule has 9 rings (SSSR count). The topological polar surface area (TPSA) is 113 Å². The largest absolute Gasteiger partial charge is 0.457 e. The number of pyridine rings is 1. The molecule has 0 atom stereocenters. The van der Waals surface area contributed by atoms with Crippen molar-refractivity contribution in [1.82, 2.24) is 34.2 Å². The van der Waals surface area contributed by atoms with Gasteiger partial charge in [-0.15, -0.1) is 0 Å². The number of fused-ring (bicyclic) bond motifs is 2. The minimum absolute atomic E-state index is 0.677. The van der Waals surface area contributed by atoms with Crippen molar-refractivity contribution in [1.29, 1.82) is 0 Å². The molecule has 0 aliphatic heterocycles. The van der Waals surface area contributed by atoms with Crippen molar-refractivity contribution in [2.45, 2.75) is 6.54 Å². The second-order valence-corrected chi connectivity index (χ2v) is 13.9. The van der Waals surface area contributed by atoms with Gasteiger partial charge in [-0.05, 0) is 95.6 Å². The van der Waals surface area contributed by atoms with E-state index >= 15 is 0 Å². The number of hydrogen-bond acceptors (Lipinski definition) is 10. The van der Waals surface area contributed by atoms with Crippen molar-refractivity contribution in [2.24, 2.45) is 0 Å². The van der Waals surface area contributed by atoms with Gasteiger partial charge in [-0.3, -0.25) is 4.98 Å². The van der Waals surface area contributed by atoms with Gasteiger partial charge in [0, 0.05) is 87.7 Å². The zero-order valence-corrected chi connectivity index (χ0v) is 32.7. The molecule has 0 spiro atoms. The molecular formula is C46H43N11O. The molecule has 58 heavy (non-hydrogen) atoms. The fourth-order valence-corrected chi connectivity index (χ4v) is 6.29. The minimum atomic E-state index is 0.677. The normalized spacial score (nSPS) is 10.8. The van der Waals surface area contributed by atoms with Crippen LogP contribution in [-0.4, -0.2) is 62.4 Å². The van der Waals surface area contributed by atoms with E-state index in [0.717, 1.165) is 79.3 Å². The van der Waals surface area contributed by atoms with Gasteiger partial charge in [0.1, 0.15) is 23.1 Å². The molecule has 0 saturated carbocycles. The van der Waals surface area contributed by atoms with E-state index in [9.17, 15) is 0 Å². The second kappa shape index (κ2) is 17.0. The van der Waals surface area contributed by atoms with E-state index in [2.05, 4.69) is 84.1 Å². The maximum Gasteiger partial charge on any atom is 0.165 e. The first-order valence-corrected chi connectivity index (χ1v) is 18.8. The number of nitrogens with zero attached hydrogens (tertiary/aromatic N) is 9. The summed E-state index contributed by atoms with van der Waals surface area (Å²) in [6.45, 7) is 0.677. The van der Waals surface area contributed by atoms with Gasteiger partial charge < -0.3 is 25.2 Å². The van der Waals surface area contributed by atoms with Crippen LogP contribution in [0, 0.1) is 0 Å². The van der Waals surface area contributed by atoms with Gasteiger partial charge in [-0.2, -0.15) is 10.2 Å². The average Bonchev–Trinajstić information content (AvgIpc) is 3.89. The van der Waals surface area contributed by atoms with Gasteiger partial charge in [0.25, 0.3) is 0 Å². The summed E-state index contributed by atoms with van der Waals surface area (Å²) in [7, 11) is 8.14. The van der Waals surface area contributed by atoms with Gasteiger partial charge in [0.2, 0.25) is 0 Å². The van der Waals surface area contributed by atoms with E-state index in [1.807, 2.05) is 138 Å². The first kappa shape index (κ1) is 37.2. The third kappa shape index (κ3) is 8.71. The van der Waals surface area contributed by atoms with Gasteiger partial charge in [0.05, 0.1) is 12.4 Å². The monoisotopic (exact) mass is 765 g/mol. The molecule has 288 valence electrons. The highest BCUT2D eigenvalue weighted by molar-refractivity contribution is 5.81. The number of ether oxygens (including phenoxy) is 1. The van der Waals surface area contributed by atoms with Gasteiger partial charge in [0.15, 0.2) is 11.3 Å². The smallest absolute Gasteiger partial charge is 0.165 e. The lowest BCUT2D eigenvalue weighted by atomic mass is 10.1. The molecule has 0 fully saturated rings. The Morgan fingerprint density at radius 1 is 0.569 bits per heavy atom. The summed E-state index contributed by atoms with van der Waals surface area (Å²) >= 11 is 0. The molecule has 4 aromatic carbocycles. The van der Waals surface area contributed by atoms with Crippen LogP contribution in [0.4, 0.5) is 28.7 Å². The van der Waals surface area contributed by atoms with Crippen LogP contribution in [-0.2, 0) is 6.54 Å². The molecule has 0 radical (unpaired) electrons. The molecule has 5 aromatic heterocycles. The van der Waals surface area contributed by atoms with Gasteiger partial charge in [-0.1, -0.05) is 48.5 Å². The molecule has 0 bridgehead atoms. The molecule has 2 N–H and O–H groups in total. The Morgan fingerprint density at radius 3 is 1.74 bits per heavy atom. The van der Waals surface area contributed by atoms with Crippen LogP contribution in [0.25, 0.3) is 33.5 Å². The third-order valence-electron chi connectivity index (χ3n) is 9.39. The maximum absolute atomic E-state index is 5.86. The van der Waals surface area contributed by atoms with Crippen LogP contribution in [0.5, 0.6) is 11.5 Å². The Morgan fingerprint density at radius 2 is 1.16 bits per heavy atom. The Kier molecular flexibility index (Phi) is 10.9. The Balaban J connectivity index is 0.000000165. The van der Waals surface area contributed by atoms with E-state index in [1.165, 1.54) is 0 Å². The summed E-state index contributed by atoms with van der Waals surface area (Å²) in [6, 6.07) is 42.1. The van der Waals surface area contributed by atoms with Crippen molar-refractivity contribution >= 4 is 40.0 Å². The number of nitrogens with one attached hydrogen (secondary N) is 2. The SMILES string of the molecule is CN(C)c1cccc(-c2cnn3ccc(NCc4cccnc4)nc23)c1.CN(C)c1cccc(-c2cnn3ccc(Nc4ccc(Oc5ccccc5)cc4)nc23)c1. The first-order valence-electron chi connectivity index (χ1n) is 18.8. The highest BCUT2D eigenvalue weighted by atomic mass is 16.5. The van der Waals surface area contributed by atoms with E-state index < -0.39 is 0 Å². The lowest BCUT2D eigenvalue weighted by Gasteiger charge is -2.13. The van der Waals surface area contributed by atoms with Crippen molar-refractivity contribution in [3.05, 3.63) is 170 Å². The van der Waals surface area contributed by atoms with Crippen LogP contribution in [0.1, 0.15) is 5.56 Å². The number of rotatable bonds is 11. The number of anilines is 5. The second-order valence-electron chi connectivity index (χ2n) is 13.9. The van der Waals surface area contributed by atoms with Crippen molar-refractivity contribution < 1.29 is 4.74 Å². The fourth-order valence-electron chi connectivity index (χ4n) is 6.29. The Labute approximate surface area is 337 Å². The van der Waals surface area contributed by atoms with Crippen LogP contribution in [0.3, 0.4) is 0 Å². The number of para-hydroxylation sites is 1. The molecule has 0 aliphatic rings. The summed E-state index contributed by atoms with van der Waals surface area (Å²) in [4.78, 5) is 17.9. The molecule has 9 aromatic rings. The zero-order valence-electron chi connectivity index (χ0n) is 32.7. The number of benzene rings is 4. The zero-order chi connectivity index (χ0) is 39.8. The van der Waals surface area contributed by atoms with E-state index in [1.54, 1.807) is 15.2 Å². The van der Waals surface area contributed by atoms with Crippen molar-refractivity contribution in [3.63, 3.8) is 0 Å². The maximum atomic E-state index is 5.86. The summed E-state index contributed by atoms with van der Waals surface area (Å²) in [5.74, 6) is 3.16. The van der Waals surface area contributed by atoms with Crippen molar-refractivity contribution in [3.8, 4) is 33.8 Å². The summed E-state index contributed by atoms with van der Waals surface area (Å²) in [6.07, 6.45) is 11.2. The van der Waals surface area contributed by atoms with E-state index in [0.29, 0.717) is 6.54 Å². The van der Waals surface area contributed by atoms with Gasteiger partial charge >= 0.3 is 0 Å². The van der Waals surface area contributed by atoms with Crippen LogP contribution in [0.2, 0.25) is 0 Å². The van der Waals surface area contributed by atoms with Crippen LogP contribution >= 0.6 is 0 Å². The summed E-state index contributed by atoms with van der Waals surface area (Å²) in [5.41, 5.74) is 10.1. The molecule has 0 saturated heterocycles.